The quantitative estimate of drug-likeness (QED) is 0.684. The zero-order valence-electron chi connectivity index (χ0n) is 13.5. The fourth-order valence-corrected chi connectivity index (χ4v) is 3.53. The standard InChI is InChI=1S/C17H18N4OS2/c1-12-3-5-14(6-4-12)16-18-17(20-19-16)24-11-15(22)21(2)9-13-7-8-23-10-13/h3-8,10H,9,11H2,1-2H3,(H,18,19,20). The maximum atomic E-state index is 12.2. The highest BCUT2D eigenvalue weighted by molar-refractivity contribution is 7.99. The number of nitrogens with zero attached hydrogens (tertiary/aromatic N) is 3. The third kappa shape index (κ3) is 4.24. The molecule has 0 spiro atoms. The van der Waals surface area contributed by atoms with E-state index in [0.29, 0.717) is 17.5 Å². The molecule has 1 N–H and O–H groups in total. The minimum absolute atomic E-state index is 0.0629. The molecule has 124 valence electrons. The van der Waals surface area contributed by atoms with Crippen LogP contribution in [0.5, 0.6) is 0 Å². The predicted molar refractivity (Wildman–Crippen MR) is 98.1 cm³/mol. The van der Waals surface area contributed by atoms with Crippen molar-refractivity contribution in [3.05, 3.63) is 52.2 Å². The molecule has 0 aliphatic heterocycles. The Morgan fingerprint density at radius 3 is 2.79 bits per heavy atom. The van der Waals surface area contributed by atoms with Crippen molar-refractivity contribution >= 4 is 29.0 Å². The van der Waals surface area contributed by atoms with Crippen LogP contribution in [0.1, 0.15) is 11.1 Å². The van der Waals surface area contributed by atoms with Crippen LogP contribution in [-0.4, -0.2) is 38.8 Å². The number of amides is 1. The van der Waals surface area contributed by atoms with Crippen LogP contribution >= 0.6 is 23.1 Å². The summed E-state index contributed by atoms with van der Waals surface area (Å²) >= 11 is 2.98. The van der Waals surface area contributed by atoms with Crippen LogP contribution in [-0.2, 0) is 11.3 Å². The summed E-state index contributed by atoms with van der Waals surface area (Å²) in [6.07, 6.45) is 0. The van der Waals surface area contributed by atoms with E-state index in [1.807, 2.05) is 49.7 Å². The van der Waals surface area contributed by atoms with Crippen LogP contribution in [0.25, 0.3) is 11.4 Å². The van der Waals surface area contributed by atoms with Crippen LogP contribution in [0, 0.1) is 6.92 Å². The minimum Gasteiger partial charge on any atom is -0.341 e. The highest BCUT2D eigenvalue weighted by Crippen LogP contribution is 2.20. The summed E-state index contributed by atoms with van der Waals surface area (Å²) in [5, 5.41) is 11.8. The predicted octanol–water partition coefficient (Wildman–Crippen LogP) is 3.59. The van der Waals surface area contributed by atoms with Gasteiger partial charge in [-0.2, -0.15) is 11.3 Å². The molecular weight excluding hydrogens is 340 g/mol. The second kappa shape index (κ2) is 7.63. The first-order valence-corrected chi connectivity index (χ1v) is 9.42. The topological polar surface area (TPSA) is 61.9 Å². The minimum atomic E-state index is 0.0629. The van der Waals surface area contributed by atoms with Gasteiger partial charge < -0.3 is 4.90 Å². The Morgan fingerprint density at radius 2 is 2.08 bits per heavy atom. The molecule has 0 aliphatic rings. The molecule has 0 radical (unpaired) electrons. The average Bonchev–Trinajstić information content (AvgIpc) is 3.25. The van der Waals surface area contributed by atoms with Crippen molar-refractivity contribution in [1.29, 1.82) is 0 Å². The van der Waals surface area contributed by atoms with Crippen LogP contribution in [0.3, 0.4) is 0 Å². The lowest BCUT2D eigenvalue weighted by Crippen LogP contribution is -2.27. The van der Waals surface area contributed by atoms with E-state index in [0.717, 1.165) is 17.0 Å². The molecule has 0 saturated carbocycles. The largest absolute Gasteiger partial charge is 0.341 e. The van der Waals surface area contributed by atoms with E-state index in [1.165, 1.54) is 17.3 Å². The van der Waals surface area contributed by atoms with E-state index in [1.54, 1.807) is 16.2 Å². The normalized spacial score (nSPS) is 10.8. The molecule has 0 atom stereocenters. The second-order valence-electron chi connectivity index (χ2n) is 5.50. The number of H-pyrrole nitrogens is 1. The Bertz CT molecular complexity index is 796. The van der Waals surface area contributed by atoms with E-state index in [4.69, 9.17) is 0 Å². The average molecular weight is 358 g/mol. The number of thiophene rings is 1. The van der Waals surface area contributed by atoms with Gasteiger partial charge in [-0.25, -0.2) is 4.98 Å². The van der Waals surface area contributed by atoms with Crippen LogP contribution < -0.4 is 0 Å². The van der Waals surface area contributed by atoms with Gasteiger partial charge in [-0.15, -0.1) is 5.10 Å². The van der Waals surface area contributed by atoms with Gasteiger partial charge in [0.15, 0.2) is 5.82 Å². The number of nitrogens with one attached hydrogen (secondary N) is 1. The SMILES string of the molecule is Cc1ccc(-c2nc(SCC(=O)N(C)Cc3ccsc3)n[nH]2)cc1. The second-order valence-corrected chi connectivity index (χ2v) is 7.23. The Balaban J connectivity index is 1.55. The summed E-state index contributed by atoms with van der Waals surface area (Å²) in [5.41, 5.74) is 3.34. The van der Waals surface area contributed by atoms with Crippen molar-refractivity contribution in [2.75, 3.05) is 12.8 Å². The Hall–Kier alpha value is -2.12. The number of aromatic amines is 1. The molecule has 0 saturated heterocycles. The van der Waals surface area contributed by atoms with E-state index < -0.39 is 0 Å². The Morgan fingerprint density at radius 1 is 1.29 bits per heavy atom. The lowest BCUT2D eigenvalue weighted by molar-refractivity contribution is -0.127. The zero-order chi connectivity index (χ0) is 16.9. The Labute approximate surface area is 149 Å². The van der Waals surface area contributed by atoms with Crippen LogP contribution in [0.2, 0.25) is 0 Å². The monoisotopic (exact) mass is 358 g/mol. The van der Waals surface area contributed by atoms with Crippen molar-refractivity contribution in [2.24, 2.45) is 0 Å². The zero-order valence-corrected chi connectivity index (χ0v) is 15.2. The smallest absolute Gasteiger partial charge is 0.233 e. The fourth-order valence-electron chi connectivity index (χ4n) is 2.13. The van der Waals surface area contributed by atoms with Gasteiger partial charge in [0.05, 0.1) is 5.75 Å². The highest BCUT2D eigenvalue weighted by atomic mass is 32.2. The van der Waals surface area contributed by atoms with E-state index in [2.05, 4.69) is 20.6 Å². The number of hydrogen-bond donors (Lipinski definition) is 1. The molecule has 3 aromatic rings. The van der Waals surface area contributed by atoms with Crippen LogP contribution in [0.4, 0.5) is 0 Å². The lowest BCUT2D eigenvalue weighted by atomic mass is 10.1. The van der Waals surface area contributed by atoms with Gasteiger partial charge in [-0.3, -0.25) is 9.89 Å². The summed E-state index contributed by atoms with van der Waals surface area (Å²) in [6.45, 7) is 2.68. The number of carbonyl (C=O) groups excluding carboxylic acids is 1. The number of aromatic nitrogens is 3. The first-order chi connectivity index (χ1) is 11.6. The Kier molecular flexibility index (Phi) is 5.32. The van der Waals surface area contributed by atoms with Crippen LogP contribution in [0.15, 0.2) is 46.2 Å². The van der Waals surface area contributed by atoms with Gasteiger partial charge in [-0.05, 0) is 29.3 Å². The van der Waals surface area contributed by atoms with Gasteiger partial charge in [0.25, 0.3) is 0 Å². The van der Waals surface area contributed by atoms with E-state index >= 15 is 0 Å². The van der Waals surface area contributed by atoms with E-state index in [9.17, 15) is 4.79 Å². The molecule has 24 heavy (non-hydrogen) atoms. The van der Waals surface area contributed by atoms with Crippen molar-refractivity contribution < 1.29 is 4.79 Å². The molecule has 0 aliphatic carbocycles. The summed E-state index contributed by atoms with van der Waals surface area (Å²) in [5.74, 6) is 1.11. The van der Waals surface area contributed by atoms with E-state index in [-0.39, 0.29) is 5.91 Å². The van der Waals surface area contributed by atoms with Gasteiger partial charge in [0.1, 0.15) is 0 Å². The van der Waals surface area contributed by atoms with Gasteiger partial charge in [0.2, 0.25) is 11.1 Å². The number of hydrogen-bond acceptors (Lipinski definition) is 5. The number of carbonyl (C=O) groups is 1. The molecule has 2 heterocycles. The number of aryl methyl sites for hydroxylation is 1. The third-order valence-electron chi connectivity index (χ3n) is 3.54. The van der Waals surface area contributed by atoms with Crippen molar-refractivity contribution in [3.8, 4) is 11.4 Å². The molecule has 2 aromatic heterocycles. The third-order valence-corrected chi connectivity index (χ3v) is 5.10. The summed E-state index contributed by atoms with van der Waals surface area (Å²) in [6, 6.07) is 10.1. The highest BCUT2D eigenvalue weighted by Gasteiger charge is 2.13. The summed E-state index contributed by atoms with van der Waals surface area (Å²) in [7, 11) is 1.82. The van der Waals surface area contributed by atoms with Gasteiger partial charge >= 0.3 is 0 Å². The summed E-state index contributed by atoms with van der Waals surface area (Å²) in [4.78, 5) is 18.4. The van der Waals surface area contributed by atoms with Crippen molar-refractivity contribution in [2.45, 2.75) is 18.6 Å². The van der Waals surface area contributed by atoms with Gasteiger partial charge in [0, 0.05) is 19.2 Å². The number of thioether (sulfide) groups is 1. The molecule has 0 fully saturated rings. The first kappa shape index (κ1) is 16.7. The lowest BCUT2D eigenvalue weighted by Gasteiger charge is -2.15. The molecular formula is C17H18N4OS2. The molecule has 1 aromatic carbocycles. The van der Waals surface area contributed by atoms with Gasteiger partial charge in [-0.1, -0.05) is 41.6 Å². The molecule has 5 nitrogen and oxygen atoms in total. The molecule has 0 bridgehead atoms. The molecule has 7 heteroatoms. The summed E-state index contributed by atoms with van der Waals surface area (Å²) < 4.78 is 0. The number of rotatable bonds is 6. The fraction of sp³-hybridized carbons (Fsp3) is 0.235. The van der Waals surface area contributed by atoms with Crippen molar-refractivity contribution in [3.63, 3.8) is 0 Å². The van der Waals surface area contributed by atoms with Crippen molar-refractivity contribution in [1.82, 2.24) is 20.1 Å². The molecule has 1 amide bonds. The maximum absolute atomic E-state index is 12.2. The first-order valence-electron chi connectivity index (χ1n) is 7.49. The molecule has 3 rings (SSSR count). The number of benzene rings is 1. The molecule has 0 unspecified atom stereocenters. The maximum Gasteiger partial charge on any atom is 0.233 e.